The number of benzene rings is 1. The Hall–Kier alpha value is -2.30. The molecule has 0 aliphatic heterocycles. The molecule has 1 heterocycles. The molecular formula is C16H17F2N2O+. The van der Waals surface area contributed by atoms with Crippen LogP contribution < -0.4 is 9.88 Å². The fourth-order valence-corrected chi connectivity index (χ4v) is 2.01. The van der Waals surface area contributed by atoms with Crippen molar-refractivity contribution < 1.29 is 18.1 Å². The number of halogens is 2. The number of carbonyl (C=O) groups is 1. The van der Waals surface area contributed by atoms with E-state index in [0.717, 1.165) is 25.0 Å². The first-order chi connectivity index (χ1) is 10.1. The number of pyridine rings is 1. The molecule has 0 saturated carbocycles. The number of nitrogens with zero attached hydrogens (tertiary/aromatic N) is 1. The van der Waals surface area contributed by atoms with Crippen molar-refractivity contribution in [3.8, 4) is 0 Å². The summed E-state index contributed by atoms with van der Waals surface area (Å²) >= 11 is 0. The van der Waals surface area contributed by atoms with Gasteiger partial charge in [0, 0.05) is 12.1 Å². The second-order valence-corrected chi connectivity index (χ2v) is 4.77. The summed E-state index contributed by atoms with van der Waals surface area (Å²) in [6.45, 7) is 2.09. The summed E-state index contributed by atoms with van der Waals surface area (Å²) in [7, 11) is 0. The number of hydrogen-bond donors (Lipinski definition) is 1. The Morgan fingerprint density at radius 1 is 1.14 bits per heavy atom. The number of amides is 1. The van der Waals surface area contributed by atoms with Gasteiger partial charge in [0.2, 0.25) is 6.54 Å². The van der Waals surface area contributed by atoms with Gasteiger partial charge >= 0.3 is 0 Å². The van der Waals surface area contributed by atoms with Gasteiger partial charge in [-0.15, -0.1) is 0 Å². The van der Waals surface area contributed by atoms with E-state index in [2.05, 4.69) is 12.2 Å². The smallest absolute Gasteiger partial charge is 0.290 e. The van der Waals surface area contributed by atoms with E-state index < -0.39 is 23.2 Å². The third-order valence-electron chi connectivity index (χ3n) is 3.05. The van der Waals surface area contributed by atoms with Crippen LogP contribution in [-0.4, -0.2) is 5.91 Å². The van der Waals surface area contributed by atoms with Crippen LogP contribution in [0.2, 0.25) is 0 Å². The molecule has 0 saturated heterocycles. The molecule has 2 rings (SSSR count). The van der Waals surface area contributed by atoms with Gasteiger partial charge in [-0.1, -0.05) is 19.4 Å². The molecule has 21 heavy (non-hydrogen) atoms. The first-order valence-electron chi connectivity index (χ1n) is 6.82. The summed E-state index contributed by atoms with van der Waals surface area (Å²) in [6, 6.07) is 7.32. The second kappa shape index (κ2) is 6.92. The maximum absolute atomic E-state index is 13.4. The predicted molar refractivity (Wildman–Crippen MR) is 75.6 cm³/mol. The van der Waals surface area contributed by atoms with Gasteiger partial charge in [0.1, 0.15) is 17.3 Å². The lowest BCUT2D eigenvalue weighted by molar-refractivity contribution is -0.684. The van der Waals surface area contributed by atoms with Crippen molar-refractivity contribution in [3.63, 3.8) is 0 Å². The van der Waals surface area contributed by atoms with E-state index in [-0.39, 0.29) is 6.54 Å². The third kappa shape index (κ3) is 4.08. The molecule has 0 aliphatic rings. The van der Waals surface area contributed by atoms with Gasteiger partial charge in [0.25, 0.3) is 5.91 Å². The quantitative estimate of drug-likeness (QED) is 0.844. The predicted octanol–water partition coefficient (Wildman–Crippen LogP) is 2.84. The molecule has 0 spiro atoms. The van der Waals surface area contributed by atoms with Crippen molar-refractivity contribution in [3.05, 3.63) is 59.9 Å². The van der Waals surface area contributed by atoms with Crippen LogP contribution in [0.15, 0.2) is 42.7 Å². The molecule has 5 heteroatoms. The average molecular weight is 291 g/mol. The van der Waals surface area contributed by atoms with Crippen molar-refractivity contribution in [2.24, 2.45) is 0 Å². The van der Waals surface area contributed by atoms with Gasteiger partial charge in [-0.25, -0.2) is 8.78 Å². The Morgan fingerprint density at radius 2 is 1.76 bits per heavy atom. The van der Waals surface area contributed by atoms with Crippen molar-refractivity contribution in [2.45, 2.75) is 26.3 Å². The van der Waals surface area contributed by atoms with Crippen molar-refractivity contribution in [2.75, 3.05) is 5.32 Å². The number of carbonyl (C=O) groups excluding carboxylic acids is 1. The Balaban J connectivity index is 2.01. The van der Waals surface area contributed by atoms with Crippen molar-refractivity contribution in [1.82, 2.24) is 0 Å². The van der Waals surface area contributed by atoms with Gasteiger partial charge in [-0.3, -0.25) is 4.79 Å². The fraction of sp³-hybridized carbons (Fsp3) is 0.250. The minimum absolute atomic E-state index is 0.000178. The molecule has 0 fully saturated rings. The van der Waals surface area contributed by atoms with Crippen LogP contribution in [0.3, 0.4) is 0 Å². The van der Waals surface area contributed by atoms with Crippen LogP contribution in [0.5, 0.6) is 0 Å². The monoisotopic (exact) mass is 291 g/mol. The van der Waals surface area contributed by atoms with E-state index in [9.17, 15) is 13.6 Å². The van der Waals surface area contributed by atoms with Crippen molar-refractivity contribution in [1.29, 1.82) is 0 Å². The van der Waals surface area contributed by atoms with Crippen LogP contribution >= 0.6 is 0 Å². The van der Waals surface area contributed by atoms with Gasteiger partial charge in [0.15, 0.2) is 12.4 Å². The van der Waals surface area contributed by atoms with Gasteiger partial charge in [0.05, 0.1) is 0 Å². The Kier molecular flexibility index (Phi) is 4.98. The standard InChI is InChI=1S/C16H16F2N2O/c1-2-4-12-7-9-20(10-8-12)11-15(21)19-16-13(17)5-3-6-14(16)18/h3,5-10H,2,4,11H2,1H3/p+1. The molecule has 0 atom stereocenters. The lowest BCUT2D eigenvalue weighted by Gasteiger charge is -2.05. The summed E-state index contributed by atoms with van der Waals surface area (Å²) in [5, 5.41) is 2.26. The van der Waals surface area contributed by atoms with E-state index in [1.807, 2.05) is 12.1 Å². The number of aromatic nitrogens is 1. The normalized spacial score (nSPS) is 10.4. The first kappa shape index (κ1) is 15.1. The van der Waals surface area contributed by atoms with Crippen LogP contribution in [0, 0.1) is 11.6 Å². The highest BCUT2D eigenvalue weighted by molar-refractivity contribution is 5.89. The lowest BCUT2D eigenvalue weighted by atomic mass is 10.2. The van der Waals surface area contributed by atoms with Crippen LogP contribution in [0.1, 0.15) is 18.9 Å². The van der Waals surface area contributed by atoms with Gasteiger partial charge < -0.3 is 5.32 Å². The fourth-order valence-electron chi connectivity index (χ4n) is 2.01. The summed E-state index contributed by atoms with van der Waals surface area (Å²) < 4.78 is 28.5. The second-order valence-electron chi connectivity index (χ2n) is 4.77. The maximum Gasteiger partial charge on any atom is 0.290 e. The summed E-state index contributed by atoms with van der Waals surface area (Å²) in [4.78, 5) is 11.8. The SMILES string of the molecule is CCCc1cc[n+](CC(=O)Nc2c(F)cccc2F)cc1. The minimum atomic E-state index is -0.786. The van der Waals surface area contributed by atoms with Crippen LogP contribution in [0.25, 0.3) is 0 Å². The molecule has 1 aromatic heterocycles. The number of anilines is 1. The summed E-state index contributed by atoms with van der Waals surface area (Å²) in [6.07, 6.45) is 5.59. The Morgan fingerprint density at radius 3 is 2.33 bits per heavy atom. The maximum atomic E-state index is 13.4. The van der Waals surface area contributed by atoms with E-state index in [1.165, 1.54) is 11.6 Å². The number of para-hydroxylation sites is 1. The third-order valence-corrected chi connectivity index (χ3v) is 3.05. The number of aryl methyl sites for hydroxylation is 1. The van der Waals surface area contributed by atoms with Crippen molar-refractivity contribution >= 4 is 11.6 Å². The zero-order valence-electron chi connectivity index (χ0n) is 11.8. The number of rotatable bonds is 5. The van der Waals surface area contributed by atoms with Gasteiger partial charge in [-0.05, 0) is 24.1 Å². The summed E-state index contributed by atoms with van der Waals surface area (Å²) in [5.74, 6) is -2.05. The van der Waals surface area contributed by atoms with E-state index in [0.29, 0.717) is 0 Å². The summed E-state index contributed by atoms with van der Waals surface area (Å²) in [5.41, 5.74) is 0.778. The highest BCUT2D eigenvalue weighted by Crippen LogP contribution is 2.17. The highest BCUT2D eigenvalue weighted by Gasteiger charge is 2.15. The Labute approximate surface area is 122 Å². The Bertz CT molecular complexity index is 606. The van der Waals surface area contributed by atoms with E-state index >= 15 is 0 Å². The topological polar surface area (TPSA) is 33.0 Å². The minimum Gasteiger partial charge on any atom is -0.316 e. The van der Waals surface area contributed by atoms with E-state index in [1.54, 1.807) is 17.0 Å². The first-order valence-corrected chi connectivity index (χ1v) is 6.82. The largest absolute Gasteiger partial charge is 0.316 e. The molecule has 0 aliphatic carbocycles. The number of nitrogens with one attached hydrogen (secondary N) is 1. The van der Waals surface area contributed by atoms with Crippen LogP contribution in [0.4, 0.5) is 14.5 Å². The zero-order valence-corrected chi connectivity index (χ0v) is 11.8. The molecule has 0 unspecified atom stereocenters. The molecule has 110 valence electrons. The molecule has 0 bridgehead atoms. The molecule has 1 amide bonds. The molecule has 2 aromatic rings. The van der Waals surface area contributed by atoms with Gasteiger partial charge in [-0.2, -0.15) is 4.57 Å². The number of hydrogen-bond acceptors (Lipinski definition) is 1. The van der Waals surface area contributed by atoms with E-state index in [4.69, 9.17) is 0 Å². The lowest BCUT2D eigenvalue weighted by Crippen LogP contribution is -2.39. The average Bonchev–Trinajstić information content (AvgIpc) is 2.45. The molecule has 1 N–H and O–H groups in total. The molecular weight excluding hydrogens is 274 g/mol. The zero-order chi connectivity index (χ0) is 15.2. The molecule has 0 radical (unpaired) electrons. The molecule has 1 aromatic carbocycles. The molecule has 3 nitrogen and oxygen atoms in total. The highest BCUT2D eigenvalue weighted by atomic mass is 19.1. The van der Waals surface area contributed by atoms with Crippen LogP contribution in [-0.2, 0) is 17.8 Å².